The Kier molecular flexibility index (Phi) is 3.69. The summed E-state index contributed by atoms with van der Waals surface area (Å²) >= 11 is 0. The lowest BCUT2D eigenvalue weighted by molar-refractivity contribution is 0.102. The van der Waals surface area contributed by atoms with Crippen molar-refractivity contribution in [2.24, 2.45) is 0 Å². The highest BCUT2D eigenvalue weighted by atomic mass is 16.5. The van der Waals surface area contributed by atoms with Crippen molar-refractivity contribution in [3.8, 4) is 17.4 Å². The van der Waals surface area contributed by atoms with Gasteiger partial charge < -0.3 is 14.9 Å². The number of methoxy groups -OCH3 is 1. The van der Waals surface area contributed by atoms with Gasteiger partial charge in [-0.25, -0.2) is 4.98 Å². The van der Waals surface area contributed by atoms with Gasteiger partial charge in [-0.3, -0.25) is 10.1 Å². The maximum atomic E-state index is 12.0. The van der Waals surface area contributed by atoms with Crippen LogP contribution in [0.4, 0.5) is 5.95 Å². The molecule has 0 saturated carbocycles. The third-order valence-corrected chi connectivity index (χ3v) is 2.50. The van der Waals surface area contributed by atoms with Crippen molar-refractivity contribution in [2.75, 3.05) is 12.4 Å². The monoisotopic (exact) mass is 275 g/mol. The first kappa shape index (κ1) is 13.6. The van der Waals surface area contributed by atoms with Gasteiger partial charge in [-0.2, -0.15) is 4.98 Å². The number of rotatable bonds is 3. The number of carbonyl (C=O) groups excluding carboxylic acids is 1. The Balaban J connectivity index is 2.23. The number of phenolic OH excluding ortho intramolecular Hbond substituents is 2. The molecule has 0 aliphatic carbocycles. The molecule has 7 nitrogen and oxygen atoms in total. The van der Waals surface area contributed by atoms with Crippen molar-refractivity contribution < 1.29 is 19.7 Å². The molecular weight excluding hydrogens is 262 g/mol. The summed E-state index contributed by atoms with van der Waals surface area (Å²) in [4.78, 5) is 20.0. The Morgan fingerprint density at radius 1 is 1.20 bits per heavy atom. The molecule has 1 amide bonds. The number of aryl methyl sites for hydroxylation is 1. The summed E-state index contributed by atoms with van der Waals surface area (Å²) in [5.41, 5.74) is 0.810. The molecular formula is C13H13N3O4. The summed E-state index contributed by atoms with van der Waals surface area (Å²) in [6, 6.07) is 5.37. The third kappa shape index (κ3) is 2.94. The van der Waals surface area contributed by atoms with E-state index >= 15 is 0 Å². The predicted molar refractivity (Wildman–Crippen MR) is 71.0 cm³/mol. The average molecular weight is 275 g/mol. The van der Waals surface area contributed by atoms with Gasteiger partial charge in [0, 0.05) is 17.3 Å². The second-order valence-corrected chi connectivity index (χ2v) is 4.03. The van der Waals surface area contributed by atoms with Crippen molar-refractivity contribution in [1.82, 2.24) is 9.97 Å². The second kappa shape index (κ2) is 5.43. The Morgan fingerprint density at radius 3 is 2.60 bits per heavy atom. The topological polar surface area (TPSA) is 105 Å². The molecule has 0 bridgehead atoms. The van der Waals surface area contributed by atoms with Gasteiger partial charge in [-0.15, -0.1) is 0 Å². The second-order valence-electron chi connectivity index (χ2n) is 4.03. The summed E-state index contributed by atoms with van der Waals surface area (Å²) in [6.45, 7) is 1.74. The van der Waals surface area contributed by atoms with E-state index in [1.165, 1.54) is 19.2 Å². The zero-order chi connectivity index (χ0) is 14.7. The predicted octanol–water partition coefficient (Wildman–Crippen LogP) is 1.46. The minimum atomic E-state index is -0.507. The molecule has 104 valence electrons. The average Bonchev–Trinajstić information content (AvgIpc) is 2.41. The molecule has 0 aliphatic heterocycles. The number of carbonyl (C=O) groups is 1. The lowest BCUT2D eigenvalue weighted by atomic mass is 10.2. The zero-order valence-electron chi connectivity index (χ0n) is 10.9. The first-order valence-electron chi connectivity index (χ1n) is 5.72. The molecule has 2 aromatic rings. The Bertz CT molecular complexity index is 658. The number of nitrogens with zero attached hydrogens (tertiary/aromatic N) is 2. The highest BCUT2D eigenvalue weighted by Gasteiger charge is 2.11. The fourth-order valence-electron chi connectivity index (χ4n) is 1.54. The Morgan fingerprint density at radius 2 is 1.95 bits per heavy atom. The molecule has 1 aromatic carbocycles. The van der Waals surface area contributed by atoms with Gasteiger partial charge in [0.25, 0.3) is 5.91 Å². The lowest BCUT2D eigenvalue weighted by Crippen LogP contribution is -2.14. The fraction of sp³-hybridized carbons (Fsp3) is 0.154. The first-order chi connectivity index (χ1) is 9.49. The zero-order valence-corrected chi connectivity index (χ0v) is 10.9. The van der Waals surface area contributed by atoms with E-state index in [1.807, 2.05) is 0 Å². The van der Waals surface area contributed by atoms with Crippen LogP contribution in [-0.4, -0.2) is 33.2 Å². The highest BCUT2D eigenvalue weighted by molar-refractivity contribution is 6.03. The quantitative estimate of drug-likeness (QED) is 0.732. The smallest absolute Gasteiger partial charge is 0.258 e. The lowest BCUT2D eigenvalue weighted by Gasteiger charge is -2.07. The summed E-state index contributed by atoms with van der Waals surface area (Å²) in [5, 5.41) is 21.0. The minimum absolute atomic E-state index is 0.0967. The number of nitrogens with one attached hydrogen (secondary N) is 1. The minimum Gasteiger partial charge on any atom is -0.504 e. The summed E-state index contributed by atoms with van der Waals surface area (Å²) in [6.07, 6.45) is 0. The standard InChI is InChI=1S/C13H13N3O4/c1-7-5-11(20-2)15-13(14-7)16-12(19)8-3-4-9(17)10(18)6-8/h3-6,17-18H,1-2H3,(H,14,15,16,19). The van der Waals surface area contributed by atoms with E-state index in [1.54, 1.807) is 13.0 Å². The number of benzene rings is 1. The van der Waals surface area contributed by atoms with Crippen LogP contribution < -0.4 is 10.1 Å². The normalized spacial score (nSPS) is 10.1. The van der Waals surface area contributed by atoms with Crippen molar-refractivity contribution in [3.05, 3.63) is 35.5 Å². The van der Waals surface area contributed by atoms with E-state index in [9.17, 15) is 15.0 Å². The van der Waals surface area contributed by atoms with Crippen molar-refractivity contribution in [3.63, 3.8) is 0 Å². The maximum Gasteiger partial charge on any atom is 0.258 e. The van der Waals surface area contributed by atoms with E-state index in [2.05, 4.69) is 15.3 Å². The van der Waals surface area contributed by atoms with E-state index in [0.29, 0.717) is 11.6 Å². The molecule has 0 unspecified atom stereocenters. The van der Waals surface area contributed by atoms with Crippen molar-refractivity contribution in [1.29, 1.82) is 0 Å². The number of amides is 1. The van der Waals surface area contributed by atoms with Gasteiger partial charge >= 0.3 is 0 Å². The van der Waals surface area contributed by atoms with Crippen LogP contribution in [0.5, 0.6) is 17.4 Å². The van der Waals surface area contributed by atoms with Crippen molar-refractivity contribution in [2.45, 2.75) is 6.92 Å². The largest absolute Gasteiger partial charge is 0.504 e. The number of anilines is 1. The summed E-state index contributed by atoms with van der Waals surface area (Å²) in [7, 11) is 1.46. The van der Waals surface area contributed by atoms with Crippen LogP contribution in [0.25, 0.3) is 0 Å². The molecule has 20 heavy (non-hydrogen) atoms. The third-order valence-electron chi connectivity index (χ3n) is 2.50. The molecule has 7 heteroatoms. The first-order valence-corrected chi connectivity index (χ1v) is 5.72. The molecule has 0 aliphatic rings. The number of aromatic hydroxyl groups is 2. The number of ether oxygens (including phenoxy) is 1. The summed E-state index contributed by atoms with van der Waals surface area (Å²) in [5.74, 6) is -0.746. The van der Waals surface area contributed by atoms with Gasteiger partial charge in [-0.05, 0) is 25.1 Å². The van der Waals surface area contributed by atoms with Crippen LogP contribution in [0.15, 0.2) is 24.3 Å². The maximum absolute atomic E-state index is 12.0. The van der Waals surface area contributed by atoms with Crippen LogP contribution >= 0.6 is 0 Å². The van der Waals surface area contributed by atoms with Crippen LogP contribution in [-0.2, 0) is 0 Å². The molecule has 1 heterocycles. The molecule has 2 rings (SSSR count). The number of aromatic nitrogens is 2. The van der Waals surface area contributed by atoms with Crippen molar-refractivity contribution >= 4 is 11.9 Å². The van der Waals surface area contributed by atoms with Gasteiger partial charge in [0.15, 0.2) is 11.5 Å². The van der Waals surface area contributed by atoms with E-state index < -0.39 is 5.91 Å². The number of hydrogen-bond acceptors (Lipinski definition) is 6. The van der Waals surface area contributed by atoms with E-state index in [4.69, 9.17) is 4.74 Å². The Labute approximate surface area is 114 Å². The molecule has 3 N–H and O–H groups in total. The molecule has 0 saturated heterocycles. The van der Waals surface area contributed by atoms with Gasteiger partial charge in [0.2, 0.25) is 11.8 Å². The molecule has 0 spiro atoms. The summed E-state index contributed by atoms with van der Waals surface area (Å²) < 4.78 is 4.98. The molecule has 1 aromatic heterocycles. The molecule has 0 fully saturated rings. The van der Waals surface area contributed by atoms with E-state index in [0.717, 1.165) is 6.07 Å². The van der Waals surface area contributed by atoms with Crippen LogP contribution in [0.3, 0.4) is 0 Å². The van der Waals surface area contributed by atoms with E-state index in [-0.39, 0.29) is 23.0 Å². The van der Waals surface area contributed by atoms with Gasteiger partial charge in [0.1, 0.15) is 0 Å². The van der Waals surface area contributed by atoms with Gasteiger partial charge in [0.05, 0.1) is 7.11 Å². The van der Waals surface area contributed by atoms with Crippen LogP contribution in [0, 0.1) is 6.92 Å². The SMILES string of the molecule is COc1cc(C)nc(NC(=O)c2ccc(O)c(O)c2)n1. The van der Waals surface area contributed by atoms with Crippen LogP contribution in [0.2, 0.25) is 0 Å². The Hall–Kier alpha value is -2.83. The van der Waals surface area contributed by atoms with Crippen LogP contribution in [0.1, 0.15) is 16.1 Å². The molecule has 0 atom stereocenters. The number of hydrogen-bond donors (Lipinski definition) is 3. The highest BCUT2D eigenvalue weighted by Crippen LogP contribution is 2.25. The fourth-order valence-corrected chi connectivity index (χ4v) is 1.54. The number of phenols is 2. The molecule has 0 radical (unpaired) electrons. The van der Waals surface area contributed by atoms with Gasteiger partial charge in [-0.1, -0.05) is 0 Å².